The van der Waals surface area contributed by atoms with Gasteiger partial charge in [0, 0.05) is 28.2 Å². The molecular formula is C21H19N3O2S. The molecule has 1 aliphatic heterocycles. The Balaban J connectivity index is 1.65. The zero-order valence-electron chi connectivity index (χ0n) is 15.0. The summed E-state index contributed by atoms with van der Waals surface area (Å²) in [6.07, 6.45) is 0. The van der Waals surface area contributed by atoms with Crippen molar-refractivity contribution in [1.82, 2.24) is 9.99 Å². The van der Waals surface area contributed by atoms with E-state index in [0.29, 0.717) is 0 Å². The minimum absolute atomic E-state index is 0.0304. The number of nitrogens with zero attached hydrogens (tertiary/aromatic N) is 2. The topological polar surface area (TPSA) is 66.6 Å². The van der Waals surface area contributed by atoms with Crippen molar-refractivity contribution in [2.45, 2.75) is 19.2 Å². The average molecular weight is 377 g/mol. The molecule has 0 saturated carbocycles. The molecule has 2 N–H and O–H groups in total. The van der Waals surface area contributed by atoms with E-state index in [2.05, 4.69) is 40.2 Å². The van der Waals surface area contributed by atoms with Crippen LogP contribution in [0.3, 0.4) is 0 Å². The molecule has 2 heterocycles. The first-order valence-corrected chi connectivity index (χ1v) is 9.50. The maximum absolute atomic E-state index is 11.3. The van der Waals surface area contributed by atoms with Crippen LogP contribution in [-0.4, -0.2) is 20.7 Å². The fourth-order valence-corrected chi connectivity index (χ4v) is 4.43. The maximum Gasteiger partial charge on any atom is 0.335 e. The summed E-state index contributed by atoms with van der Waals surface area (Å²) in [5.41, 5.74) is 8.73. The molecule has 0 amide bonds. The summed E-state index contributed by atoms with van der Waals surface area (Å²) in [5.74, 6) is -0.923. The molecule has 0 bridgehead atoms. The van der Waals surface area contributed by atoms with Crippen LogP contribution in [0.15, 0.2) is 65.8 Å². The number of carboxylic acids is 1. The monoisotopic (exact) mass is 377 g/mol. The van der Waals surface area contributed by atoms with Crippen LogP contribution in [0.4, 0.5) is 0 Å². The van der Waals surface area contributed by atoms with Crippen LogP contribution in [0.1, 0.15) is 38.2 Å². The molecule has 5 nitrogen and oxygen atoms in total. The molecule has 136 valence electrons. The van der Waals surface area contributed by atoms with Gasteiger partial charge in [-0.3, -0.25) is 5.43 Å². The van der Waals surface area contributed by atoms with Crippen LogP contribution < -0.4 is 5.43 Å². The number of hydrogen-bond donors (Lipinski definition) is 2. The number of nitrogens with one attached hydrogen (secondary N) is 1. The molecular weight excluding hydrogens is 358 g/mol. The second kappa shape index (κ2) is 6.96. The molecule has 0 aliphatic carbocycles. The van der Waals surface area contributed by atoms with E-state index >= 15 is 0 Å². The largest absolute Gasteiger partial charge is 0.478 e. The molecule has 0 saturated heterocycles. The fraction of sp³-hybridized carbons (Fsp3) is 0.143. The van der Waals surface area contributed by atoms with Gasteiger partial charge in [0.25, 0.3) is 0 Å². The number of aromatic carboxylic acids is 1. The number of carbonyl (C=O) groups is 1. The molecule has 0 fully saturated rings. The van der Waals surface area contributed by atoms with Gasteiger partial charge >= 0.3 is 5.97 Å². The lowest BCUT2D eigenvalue weighted by Crippen LogP contribution is -2.08. The highest BCUT2D eigenvalue weighted by atomic mass is 32.2. The van der Waals surface area contributed by atoms with Gasteiger partial charge in [-0.05, 0) is 38.1 Å². The first kappa shape index (κ1) is 17.4. The van der Waals surface area contributed by atoms with E-state index in [9.17, 15) is 9.90 Å². The third-order valence-corrected chi connectivity index (χ3v) is 5.78. The Hall–Kier alpha value is -2.99. The summed E-state index contributed by atoms with van der Waals surface area (Å²) in [6.45, 7) is 4.08. The standard InChI is InChI=1S/C21H19N3O2S/c1-13-11-18(20-23-22-19(27-20)15-7-4-3-5-8-15)14(2)24(13)17-10-6-9-16(12-17)21(25)26/h3-12,20,23H,1-2H3,(H,25,26)/t20-/m0/s1. The molecule has 0 radical (unpaired) electrons. The Morgan fingerprint density at radius 1 is 1.11 bits per heavy atom. The second-order valence-electron chi connectivity index (χ2n) is 6.43. The van der Waals surface area contributed by atoms with Crippen molar-refractivity contribution in [3.63, 3.8) is 0 Å². The Morgan fingerprint density at radius 3 is 2.63 bits per heavy atom. The van der Waals surface area contributed by atoms with Crippen LogP contribution in [0.25, 0.3) is 5.69 Å². The summed E-state index contributed by atoms with van der Waals surface area (Å²) in [5, 5.41) is 14.8. The molecule has 1 atom stereocenters. The van der Waals surface area contributed by atoms with Gasteiger partial charge in [-0.15, -0.1) is 0 Å². The number of aromatic nitrogens is 1. The predicted octanol–water partition coefficient (Wildman–Crippen LogP) is 4.49. The lowest BCUT2D eigenvalue weighted by molar-refractivity contribution is 0.0697. The predicted molar refractivity (Wildman–Crippen MR) is 109 cm³/mol. The third kappa shape index (κ3) is 3.24. The van der Waals surface area contributed by atoms with Crippen molar-refractivity contribution in [3.05, 3.63) is 88.7 Å². The minimum Gasteiger partial charge on any atom is -0.478 e. The van der Waals surface area contributed by atoms with Gasteiger partial charge in [0.05, 0.1) is 5.56 Å². The highest BCUT2D eigenvalue weighted by molar-refractivity contribution is 8.14. The summed E-state index contributed by atoms with van der Waals surface area (Å²) in [6, 6.07) is 19.3. The summed E-state index contributed by atoms with van der Waals surface area (Å²) in [4.78, 5) is 11.3. The average Bonchev–Trinajstić information content (AvgIpc) is 3.27. The Bertz CT molecular complexity index is 1040. The number of thioether (sulfide) groups is 1. The number of hydrogen-bond acceptors (Lipinski definition) is 4. The van der Waals surface area contributed by atoms with E-state index in [0.717, 1.165) is 33.2 Å². The van der Waals surface area contributed by atoms with E-state index in [-0.39, 0.29) is 10.9 Å². The molecule has 6 heteroatoms. The molecule has 0 spiro atoms. The van der Waals surface area contributed by atoms with Gasteiger partial charge in [0.2, 0.25) is 0 Å². The zero-order valence-corrected chi connectivity index (χ0v) is 15.8. The van der Waals surface area contributed by atoms with Crippen LogP contribution in [0.5, 0.6) is 0 Å². The van der Waals surface area contributed by atoms with Gasteiger partial charge in [-0.2, -0.15) is 5.10 Å². The van der Waals surface area contributed by atoms with Gasteiger partial charge in [-0.1, -0.05) is 48.2 Å². The quantitative estimate of drug-likeness (QED) is 0.703. The maximum atomic E-state index is 11.3. The zero-order chi connectivity index (χ0) is 19.0. The number of carboxylic acid groups (broad SMARTS) is 1. The normalized spacial score (nSPS) is 16.1. The molecule has 0 unspecified atom stereocenters. The third-order valence-electron chi connectivity index (χ3n) is 4.64. The van der Waals surface area contributed by atoms with Crippen molar-refractivity contribution in [3.8, 4) is 5.69 Å². The van der Waals surface area contributed by atoms with Crippen LogP contribution >= 0.6 is 11.8 Å². The van der Waals surface area contributed by atoms with E-state index in [1.807, 2.05) is 31.2 Å². The van der Waals surface area contributed by atoms with Crippen LogP contribution in [-0.2, 0) is 0 Å². The van der Waals surface area contributed by atoms with Crippen molar-refractivity contribution in [2.24, 2.45) is 5.10 Å². The summed E-state index contributed by atoms with van der Waals surface area (Å²) >= 11 is 1.69. The van der Waals surface area contributed by atoms with Gasteiger partial charge in [0.1, 0.15) is 10.4 Å². The Kier molecular flexibility index (Phi) is 4.49. The highest BCUT2D eigenvalue weighted by Gasteiger charge is 2.26. The first-order chi connectivity index (χ1) is 13.0. The van der Waals surface area contributed by atoms with E-state index in [1.165, 1.54) is 0 Å². The number of aryl methyl sites for hydroxylation is 1. The lowest BCUT2D eigenvalue weighted by atomic mass is 10.2. The van der Waals surface area contributed by atoms with Crippen molar-refractivity contribution in [2.75, 3.05) is 0 Å². The molecule has 1 aliphatic rings. The fourth-order valence-electron chi connectivity index (χ4n) is 3.36. The SMILES string of the molecule is Cc1cc([C@H]2NN=C(c3ccccc3)S2)c(C)n1-c1cccc(C(=O)O)c1. The summed E-state index contributed by atoms with van der Waals surface area (Å²) in [7, 11) is 0. The second-order valence-corrected chi connectivity index (χ2v) is 7.52. The van der Waals surface area contributed by atoms with E-state index < -0.39 is 5.97 Å². The van der Waals surface area contributed by atoms with E-state index in [4.69, 9.17) is 0 Å². The molecule has 27 heavy (non-hydrogen) atoms. The molecule has 3 aromatic rings. The number of rotatable bonds is 4. The molecule has 2 aromatic carbocycles. The molecule has 1 aromatic heterocycles. The highest BCUT2D eigenvalue weighted by Crippen LogP contribution is 2.37. The summed E-state index contributed by atoms with van der Waals surface area (Å²) < 4.78 is 2.09. The van der Waals surface area contributed by atoms with Crippen molar-refractivity contribution in [1.29, 1.82) is 0 Å². The minimum atomic E-state index is -0.923. The van der Waals surface area contributed by atoms with Gasteiger partial charge < -0.3 is 9.67 Å². The Morgan fingerprint density at radius 2 is 1.89 bits per heavy atom. The van der Waals surface area contributed by atoms with Crippen LogP contribution in [0.2, 0.25) is 0 Å². The first-order valence-electron chi connectivity index (χ1n) is 8.62. The van der Waals surface area contributed by atoms with E-state index in [1.54, 1.807) is 30.0 Å². The van der Waals surface area contributed by atoms with Crippen LogP contribution in [0, 0.1) is 13.8 Å². The molecule has 4 rings (SSSR count). The smallest absolute Gasteiger partial charge is 0.335 e. The number of hydrazone groups is 1. The van der Waals surface area contributed by atoms with Gasteiger partial charge in [-0.25, -0.2) is 4.79 Å². The Labute approximate surface area is 161 Å². The van der Waals surface area contributed by atoms with Crippen molar-refractivity contribution < 1.29 is 9.90 Å². The lowest BCUT2D eigenvalue weighted by Gasteiger charge is -2.13. The van der Waals surface area contributed by atoms with Gasteiger partial charge in [0.15, 0.2) is 0 Å². The number of benzene rings is 2. The van der Waals surface area contributed by atoms with Crippen molar-refractivity contribution >= 4 is 22.8 Å².